The number of aromatic nitrogens is 2. The van der Waals surface area contributed by atoms with Crippen molar-refractivity contribution in [1.82, 2.24) is 14.7 Å². The lowest BCUT2D eigenvalue weighted by atomic mass is 10.2. The minimum atomic E-state index is -3.64. The average molecular weight is 305 g/mol. The summed E-state index contributed by atoms with van der Waals surface area (Å²) in [5.74, 6) is 5.09. The molecule has 0 saturated carbocycles. The second kappa shape index (κ2) is 7.04. The molecule has 7 heteroatoms. The highest BCUT2D eigenvalue weighted by Crippen LogP contribution is 2.14. The van der Waals surface area contributed by atoms with Gasteiger partial charge in [-0.2, -0.15) is 0 Å². The van der Waals surface area contributed by atoms with Crippen molar-refractivity contribution in [2.24, 2.45) is 0 Å². The fourth-order valence-electron chi connectivity index (χ4n) is 1.76. The molecule has 0 aliphatic rings. The zero-order chi connectivity index (χ0) is 15.1. The molecule has 1 aromatic heterocycles. The van der Waals surface area contributed by atoms with E-state index in [0.29, 0.717) is 12.0 Å². The summed E-state index contributed by atoms with van der Waals surface area (Å²) in [6.45, 7) is -0.0616. The first-order valence-corrected chi connectivity index (χ1v) is 7.77. The molecule has 0 saturated heterocycles. The van der Waals surface area contributed by atoms with Gasteiger partial charge in [0.15, 0.2) is 0 Å². The van der Waals surface area contributed by atoms with Crippen LogP contribution >= 0.6 is 0 Å². The van der Waals surface area contributed by atoms with Gasteiger partial charge in [0.25, 0.3) is 0 Å². The van der Waals surface area contributed by atoms with E-state index in [-0.39, 0.29) is 18.0 Å². The van der Waals surface area contributed by atoms with Gasteiger partial charge in [-0.1, -0.05) is 24.0 Å². The third-order valence-corrected chi connectivity index (χ3v) is 4.24. The Bertz CT molecular complexity index is 743. The van der Waals surface area contributed by atoms with E-state index in [1.807, 2.05) is 0 Å². The zero-order valence-corrected chi connectivity index (χ0v) is 12.0. The van der Waals surface area contributed by atoms with Crippen LogP contribution in [0.5, 0.6) is 0 Å². The van der Waals surface area contributed by atoms with Gasteiger partial charge in [-0.3, -0.25) is 0 Å². The molecule has 0 bridgehead atoms. The second-order valence-corrected chi connectivity index (χ2v) is 5.92. The fraction of sp³-hybridized carbons (Fsp3) is 0.214. The predicted molar refractivity (Wildman–Crippen MR) is 77.9 cm³/mol. The molecule has 6 nitrogen and oxygen atoms in total. The predicted octanol–water partition coefficient (Wildman–Crippen LogP) is 0.274. The normalized spacial score (nSPS) is 10.9. The van der Waals surface area contributed by atoms with Crippen molar-refractivity contribution in [1.29, 1.82) is 0 Å². The average Bonchev–Trinajstić information content (AvgIpc) is 2.98. The third kappa shape index (κ3) is 4.16. The lowest BCUT2D eigenvalue weighted by Crippen LogP contribution is -2.26. The van der Waals surface area contributed by atoms with Gasteiger partial charge < -0.3 is 10.1 Å². The number of nitrogens with one attached hydrogen (secondary N) is 2. The Kier molecular flexibility index (Phi) is 5.11. The first-order chi connectivity index (χ1) is 10.1. The number of benzene rings is 1. The lowest BCUT2D eigenvalue weighted by Gasteiger charge is -2.08. The molecule has 2 rings (SSSR count). The first-order valence-electron chi connectivity index (χ1n) is 6.29. The van der Waals surface area contributed by atoms with Crippen LogP contribution in [0.2, 0.25) is 0 Å². The molecule has 0 radical (unpaired) electrons. The first kappa shape index (κ1) is 15.3. The van der Waals surface area contributed by atoms with Crippen LogP contribution in [0.3, 0.4) is 0 Å². The maximum atomic E-state index is 12.3. The molecule has 0 amide bonds. The van der Waals surface area contributed by atoms with Gasteiger partial charge in [0.2, 0.25) is 10.0 Å². The fourth-order valence-corrected chi connectivity index (χ4v) is 2.95. The number of nitrogens with zero attached hydrogens (tertiary/aromatic N) is 1. The van der Waals surface area contributed by atoms with Crippen LogP contribution in [-0.4, -0.2) is 36.6 Å². The lowest BCUT2D eigenvalue weighted by molar-refractivity contribution is 0.350. The van der Waals surface area contributed by atoms with Crippen LogP contribution in [0.15, 0.2) is 41.7 Å². The second-order valence-electron chi connectivity index (χ2n) is 4.18. The van der Waals surface area contributed by atoms with E-state index in [9.17, 15) is 8.42 Å². The Morgan fingerprint density at radius 2 is 2.14 bits per heavy atom. The number of hydrogen-bond donors (Lipinski definition) is 3. The van der Waals surface area contributed by atoms with Gasteiger partial charge >= 0.3 is 0 Å². The molecular weight excluding hydrogens is 290 g/mol. The van der Waals surface area contributed by atoms with E-state index in [1.165, 1.54) is 6.07 Å². The maximum absolute atomic E-state index is 12.3. The van der Waals surface area contributed by atoms with E-state index in [0.717, 1.165) is 5.69 Å². The zero-order valence-electron chi connectivity index (χ0n) is 11.2. The van der Waals surface area contributed by atoms with Crippen LogP contribution in [0, 0.1) is 11.8 Å². The standard InChI is InChI=1S/C14H15N3O3S/c18-9-3-5-12-4-1-2-6-14(12)21(19,20)17-8-7-13-10-15-11-16-13/h1-2,4,6,10-11,17-18H,7-9H2,(H,15,16). The van der Waals surface area contributed by atoms with Gasteiger partial charge in [0.05, 0.1) is 11.2 Å². The number of rotatable bonds is 5. The van der Waals surface area contributed by atoms with Gasteiger partial charge in [0, 0.05) is 30.4 Å². The van der Waals surface area contributed by atoms with Gasteiger partial charge in [0.1, 0.15) is 6.61 Å². The quantitative estimate of drug-likeness (QED) is 0.691. The Hall–Kier alpha value is -2.14. The largest absolute Gasteiger partial charge is 0.384 e. The highest BCUT2D eigenvalue weighted by molar-refractivity contribution is 7.89. The van der Waals surface area contributed by atoms with Crippen LogP contribution in [-0.2, 0) is 16.4 Å². The summed E-state index contributed by atoms with van der Waals surface area (Å²) in [4.78, 5) is 6.88. The number of aliphatic hydroxyl groups is 1. The van der Waals surface area contributed by atoms with Gasteiger partial charge in [-0.15, -0.1) is 0 Å². The highest BCUT2D eigenvalue weighted by Gasteiger charge is 2.16. The number of sulfonamides is 1. The smallest absolute Gasteiger partial charge is 0.241 e. The summed E-state index contributed by atoms with van der Waals surface area (Å²) in [6, 6.07) is 6.42. The highest BCUT2D eigenvalue weighted by atomic mass is 32.2. The topological polar surface area (TPSA) is 95.1 Å². The van der Waals surface area contributed by atoms with Crippen molar-refractivity contribution in [2.45, 2.75) is 11.3 Å². The van der Waals surface area contributed by atoms with E-state index >= 15 is 0 Å². The number of hydrogen-bond acceptors (Lipinski definition) is 4. The van der Waals surface area contributed by atoms with Crippen molar-refractivity contribution in [3.63, 3.8) is 0 Å². The maximum Gasteiger partial charge on any atom is 0.241 e. The summed E-state index contributed by atoms with van der Waals surface area (Å²) >= 11 is 0. The molecule has 3 N–H and O–H groups in total. The third-order valence-electron chi connectivity index (χ3n) is 2.72. The summed E-state index contributed by atoms with van der Waals surface area (Å²) in [5.41, 5.74) is 1.21. The van der Waals surface area contributed by atoms with Crippen LogP contribution in [0.25, 0.3) is 0 Å². The van der Waals surface area contributed by atoms with Crippen molar-refractivity contribution < 1.29 is 13.5 Å². The summed E-state index contributed by atoms with van der Waals surface area (Å²) in [6.07, 6.45) is 3.71. The number of aromatic amines is 1. The van der Waals surface area contributed by atoms with Crippen molar-refractivity contribution >= 4 is 10.0 Å². The van der Waals surface area contributed by atoms with Crippen LogP contribution in [0.4, 0.5) is 0 Å². The van der Waals surface area contributed by atoms with E-state index in [4.69, 9.17) is 5.11 Å². The monoisotopic (exact) mass is 305 g/mol. The minimum Gasteiger partial charge on any atom is -0.384 e. The van der Waals surface area contributed by atoms with Crippen molar-refractivity contribution in [3.8, 4) is 11.8 Å². The molecule has 110 valence electrons. The van der Waals surface area contributed by atoms with E-state index in [1.54, 1.807) is 30.7 Å². The van der Waals surface area contributed by atoms with Gasteiger partial charge in [-0.05, 0) is 12.1 Å². The molecular formula is C14H15N3O3S. The molecule has 21 heavy (non-hydrogen) atoms. The Morgan fingerprint density at radius 1 is 1.33 bits per heavy atom. The minimum absolute atomic E-state index is 0.107. The van der Waals surface area contributed by atoms with E-state index in [2.05, 4.69) is 26.5 Å². The van der Waals surface area contributed by atoms with E-state index < -0.39 is 10.0 Å². The van der Waals surface area contributed by atoms with Crippen LogP contribution < -0.4 is 4.72 Å². The summed E-state index contributed by atoms with van der Waals surface area (Å²) in [7, 11) is -3.64. The van der Waals surface area contributed by atoms with Crippen molar-refractivity contribution in [3.05, 3.63) is 48.0 Å². The summed E-state index contributed by atoms with van der Waals surface area (Å²) in [5, 5.41) is 8.72. The molecule has 2 aromatic rings. The SMILES string of the molecule is O=S(=O)(NCCc1cnc[nH]1)c1ccccc1C#CCO. The number of aliphatic hydroxyl groups excluding tert-OH is 1. The van der Waals surface area contributed by atoms with Gasteiger partial charge in [-0.25, -0.2) is 18.1 Å². The number of imidazole rings is 1. The molecule has 0 aliphatic carbocycles. The molecule has 0 atom stereocenters. The molecule has 1 aromatic carbocycles. The van der Waals surface area contributed by atoms with Crippen LogP contribution in [0.1, 0.15) is 11.3 Å². The Labute approximate surface area is 123 Å². The number of H-pyrrole nitrogens is 1. The summed E-state index contributed by atoms with van der Waals surface area (Å²) < 4.78 is 27.1. The molecule has 1 heterocycles. The molecule has 0 unspecified atom stereocenters. The molecule has 0 fully saturated rings. The Balaban J connectivity index is 2.12. The Morgan fingerprint density at radius 3 is 2.86 bits per heavy atom. The molecule has 0 spiro atoms. The van der Waals surface area contributed by atoms with Crippen molar-refractivity contribution in [2.75, 3.05) is 13.2 Å². The molecule has 0 aliphatic heterocycles.